The van der Waals surface area contributed by atoms with Crippen LogP contribution >= 0.6 is 11.6 Å². The van der Waals surface area contributed by atoms with E-state index in [1.165, 1.54) is 4.90 Å². The predicted octanol–water partition coefficient (Wildman–Crippen LogP) is 2.58. The van der Waals surface area contributed by atoms with Gasteiger partial charge in [0.1, 0.15) is 0 Å². The van der Waals surface area contributed by atoms with Crippen molar-refractivity contribution in [3.05, 3.63) is 41.4 Å². The van der Waals surface area contributed by atoms with E-state index in [0.717, 1.165) is 31.6 Å². The van der Waals surface area contributed by atoms with Gasteiger partial charge in [0.2, 0.25) is 17.7 Å². The number of rotatable bonds is 4. The first-order chi connectivity index (χ1) is 14.5. The minimum Gasteiger partial charge on any atom is -0.367 e. The SMILES string of the molecule is O=C(CCN1C(=O)[C@@H]2[C@H](C1=O)[C@H]1C=C[C@H]2CC1)N1CCN(c2ccccc2Cl)CC1. The molecule has 5 aliphatic rings. The quantitative estimate of drug-likeness (QED) is 0.547. The fourth-order valence-corrected chi connectivity index (χ4v) is 5.88. The Morgan fingerprint density at radius 1 is 0.933 bits per heavy atom. The van der Waals surface area contributed by atoms with Gasteiger partial charge in [-0.05, 0) is 36.8 Å². The smallest absolute Gasteiger partial charge is 0.233 e. The van der Waals surface area contributed by atoms with Crippen molar-refractivity contribution in [1.82, 2.24) is 9.80 Å². The number of likely N-dealkylation sites (tertiary alicyclic amines) is 1. The molecule has 1 aromatic rings. The van der Waals surface area contributed by atoms with Crippen LogP contribution in [0.25, 0.3) is 0 Å². The van der Waals surface area contributed by atoms with Crippen LogP contribution in [-0.2, 0) is 14.4 Å². The third-order valence-electron chi connectivity index (χ3n) is 7.23. The monoisotopic (exact) mass is 427 g/mol. The number of hydrogen-bond acceptors (Lipinski definition) is 4. The van der Waals surface area contributed by atoms with Crippen molar-refractivity contribution in [2.45, 2.75) is 19.3 Å². The number of fused-ring (bicyclic) bond motifs is 1. The molecule has 1 saturated carbocycles. The summed E-state index contributed by atoms with van der Waals surface area (Å²) in [4.78, 5) is 43.9. The molecule has 30 heavy (non-hydrogen) atoms. The van der Waals surface area contributed by atoms with Crippen LogP contribution in [0.2, 0.25) is 5.02 Å². The highest BCUT2D eigenvalue weighted by Gasteiger charge is 2.56. The summed E-state index contributed by atoms with van der Waals surface area (Å²) in [7, 11) is 0. The largest absolute Gasteiger partial charge is 0.367 e. The zero-order valence-electron chi connectivity index (χ0n) is 16.9. The van der Waals surface area contributed by atoms with Crippen LogP contribution in [-0.4, -0.2) is 60.2 Å². The van der Waals surface area contributed by atoms with Crippen molar-refractivity contribution in [3.8, 4) is 0 Å². The lowest BCUT2D eigenvalue weighted by molar-refractivity contribution is -0.141. The molecule has 2 aliphatic heterocycles. The van der Waals surface area contributed by atoms with Crippen molar-refractivity contribution in [2.75, 3.05) is 37.6 Å². The molecule has 3 fully saturated rings. The number of hydrogen-bond donors (Lipinski definition) is 0. The van der Waals surface area contributed by atoms with Gasteiger partial charge >= 0.3 is 0 Å². The maximum atomic E-state index is 12.9. The van der Waals surface area contributed by atoms with Crippen molar-refractivity contribution in [3.63, 3.8) is 0 Å². The lowest BCUT2D eigenvalue weighted by atomic mass is 9.63. The molecule has 0 radical (unpaired) electrons. The number of benzene rings is 1. The zero-order chi connectivity index (χ0) is 20.8. The molecular formula is C23H26ClN3O3. The second kappa shape index (κ2) is 7.73. The van der Waals surface area contributed by atoms with Crippen LogP contribution in [0.4, 0.5) is 5.69 Å². The Morgan fingerprint density at radius 2 is 1.53 bits per heavy atom. The summed E-state index contributed by atoms with van der Waals surface area (Å²) in [6.45, 7) is 2.87. The van der Waals surface area contributed by atoms with Gasteiger partial charge < -0.3 is 9.80 Å². The summed E-state index contributed by atoms with van der Waals surface area (Å²) in [6.07, 6.45) is 6.42. The summed E-state index contributed by atoms with van der Waals surface area (Å²) < 4.78 is 0. The summed E-state index contributed by atoms with van der Waals surface area (Å²) in [5.74, 6) is -0.151. The zero-order valence-corrected chi connectivity index (χ0v) is 17.6. The number of imide groups is 1. The summed E-state index contributed by atoms with van der Waals surface area (Å²) in [5.41, 5.74) is 0.991. The van der Waals surface area contributed by atoms with Crippen LogP contribution in [0.15, 0.2) is 36.4 Å². The number of nitrogens with zero attached hydrogens (tertiary/aromatic N) is 3. The van der Waals surface area contributed by atoms with Gasteiger partial charge in [0.15, 0.2) is 0 Å². The van der Waals surface area contributed by atoms with E-state index in [4.69, 9.17) is 11.6 Å². The van der Waals surface area contributed by atoms with Gasteiger partial charge in [0.05, 0.1) is 22.5 Å². The Morgan fingerprint density at radius 3 is 2.10 bits per heavy atom. The maximum Gasteiger partial charge on any atom is 0.233 e. The Kier molecular flexibility index (Phi) is 5.05. The van der Waals surface area contributed by atoms with E-state index in [9.17, 15) is 14.4 Å². The number of amides is 3. The van der Waals surface area contributed by atoms with Gasteiger partial charge in [0.25, 0.3) is 0 Å². The first kappa shape index (κ1) is 19.6. The topological polar surface area (TPSA) is 60.9 Å². The molecule has 1 aromatic carbocycles. The van der Waals surface area contributed by atoms with E-state index in [0.29, 0.717) is 18.1 Å². The summed E-state index contributed by atoms with van der Waals surface area (Å²) in [6, 6.07) is 7.73. The molecule has 2 bridgehead atoms. The molecule has 4 atom stereocenters. The molecule has 6 nitrogen and oxygen atoms in total. The number of halogens is 1. The van der Waals surface area contributed by atoms with Gasteiger partial charge in [0, 0.05) is 39.1 Å². The van der Waals surface area contributed by atoms with Crippen LogP contribution < -0.4 is 4.90 Å². The van der Waals surface area contributed by atoms with Crippen LogP contribution in [0, 0.1) is 23.7 Å². The molecule has 0 N–H and O–H groups in total. The van der Waals surface area contributed by atoms with Gasteiger partial charge in [-0.25, -0.2) is 0 Å². The second-order valence-electron chi connectivity index (χ2n) is 8.74. The van der Waals surface area contributed by atoms with Gasteiger partial charge in [-0.15, -0.1) is 0 Å². The summed E-state index contributed by atoms with van der Waals surface area (Å²) in [5, 5.41) is 0.716. The minimum absolute atomic E-state index is 0.00498. The van der Waals surface area contributed by atoms with E-state index in [1.54, 1.807) is 0 Å². The lowest BCUT2D eigenvalue weighted by Crippen LogP contribution is -2.49. The first-order valence-electron chi connectivity index (χ1n) is 10.9. The minimum atomic E-state index is -0.199. The molecule has 0 aromatic heterocycles. The second-order valence-corrected chi connectivity index (χ2v) is 9.15. The van der Waals surface area contributed by atoms with Crippen molar-refractivity contribution in [2.24, 2.45) is 23.7 Å². The number of allylic oxidation sites excluding steroid dienone is 2. The Hall–Kier alpha value is -2.34. The first-order valence-corrected chi connectivity index (χ1v) is 11.2. The van der Waals surface area contributed by atoms with Gasteiger partial charge in [-0.3, -0.25) is 19.3 Å². The fourth-order valence-electron chi connectivity index (χ4n) is 5.63. The normalized spacial score (nSPS) is 30.2. The molecular weight excluding hydrogens is 402 g/mol. The Balaban J connectivity index is 1.16. The standard InChI is InChI=1S/C23H26ClN3O3/c24-17-3-1-2-4-18(17)25-11-13-26(14-12-25)19(28)9-10-27-22(29)20-15-5-6-16(8-7-15)21(20)23(27)30/h1-6,15-16,20-21H,7-14H2/t15-,16-,20-,21+/m0/s1. The molecule has 0 unspecified atom stereocenters. The van der Waals surface area contributed by atoms with Crippen molar-refractivity contribution >= 4 is 35.0 Å². The van der Waals surface area contributed by atoms with Crippen LogP contribution in [0.1, 0.15) is 19.3 Å². The van der Waals surface area contributed by atoms with Crippen LogP contribution in [0.5, 0.6) is 0 Å². The number of carbonyl (C=O) groups excluding carboxylic acids is 3. The highest BCUT2D eigenvalue weighted by Crippen LogP contribution is 2.49. The van der Waals surface area contributed by atoms with Crippen LogP contribution in [0.3, 0.4) is 0 Å². The molecule has 7 heteroatoms. The molecule has 2 saturated heterocycles. The molecule has 2 heterocycles. The number of piperazine rings is 1. The lowest BCUT2D eigenvalue weighted by Gasteiger charge is -2.38. The molecule has 3 amide bonds. The fraction of sp³-hybridized carbons (Fsp3) is 0.522. The number of anilines is 1. The van der Waals surface area contributed by atoms with Gasteiger partial charge in [-0.2, -0.15) is 0 Å². The van der Waals surface area contributed by atoms with E-state index in [1.807, 2.05) is 29.2 Å². The molecule has 0 spiro atoms. The summed E-state index contributed by atoms with van der Waals surface area (Å²) >= 11 is 6.29. The average Bonchev–Trinajstić information content (AvgIpc) is 3.05. The van der Waals surface area contributed by atoms with Crippen molar-refractivity contribution in [1.29, 1.82) is 0 Å². The van der Waals surface area contributed by atoms with E-state index >= 15 is 0 Å². The molecule has 3 aliphatic carbocycles. The van der Waals surface area contributed by atoms with Crippen molar-refractivity contribution < 1.29 is 14.4 Å². The third-order valence-corrected chi connectivity index (χ3v) is 7.55. The number of carbonyl (C=O) groups is 3. The average molecular weight is 428 g/mol. The molecule has 6 rings (SSSR count). The Labute approximate surface area is 181 Å². The highest BCUT2D eigenvalue weighted by molar-refractivity contribution is 6.33. The maximum absolute atomic E-state index is 12.9. The number of para-hydroxylation sites is 1. The third kappa shape index (κ3) is 3.22. The highest BCUT2D eigenvalue weighted by atomic mass is 35.5. The van der Waals surface area contributed by atoms with Gasteiger partial charge in [-0.1, -0.05) is 35.9 Å². The molecule has 158 valence electrons. The van der Waals surface area contributed by atoms with E-state index in [2.05, 4.69) is 17.1 Å². The Bertz CT molecular complexity index is 877. The van der Waals surface area contributed by atoms with E-state index in [-0.39, 0.29) is 54.4 Å². The van der Waals surface area contributed by atoms with E-state index < -0.39 is 0 Å². The predicted molar refractivity (Wildman–Crippen MR) is 114 cm³/mol.